The fourth-order valence-corrected chi connectivity index (χ4v) is 3.06. The van der Waals surface area contributed by atoms with E-state index in [1.54, 1.807) is 17.9 Å². The van der Waals surface area contributed by atoms with Crippen molar-refractivity contribution in [3.8, 4) is 0 Å². The van der Waals surface area contributed by atoms with Crippen LogP contribution in [0.2, 0.25) is 0 Å². The predicted octanol–water partition coefficient (Wildman–Crippen LogP) is 1.21. The Morgan fingerprint density at radius 3 is 3.09 bits per heavy atom. The summed E-state index contributed by atoms with van der Waals surface area (Å²) in [5, 5.41) is 0. The molecule has 0 saturated heterocycles. The normalized spacial score (nSPS) is 17.1. The van der Waals surface area contributed by atoms with E-state index in [-0.39, 0.29) is 11.5 Å². The number of nitrogens with zero attached hydrogens (tertiary/aromatic N) is 3. The molecule has 0 spiro atoms. The lowest BCUT2D eigenvalue weighted by Gasteiger charge is -2.28. The summed E-state index contributed by atoms with van der Waals surface area (Å²) in [4.78, 5) is 32.6. The van der Waals surface area contributed by atoms with Crippen molar-refractivity contribution in [3.63, 3.8) is 0 Å². The largest absolute Gasteiger partial charge is 0.341 e. The van der Waals surface area contributed by atoms with Crippen molar-refractivity contribution in [2.45, 2.75) is 26.3 Å². The number of nitrogens with one attached hydrogen (secondary N) is 1. The minimum atomic E-state index is -0.184. The highest BCUT2D eigenvalue weighted by Crippen LogP contribution is 2.20. The van der Waals surface area contributed by atoms with Crippen molar-refractivity contribution in [2.24, 2.45) is 5.92 Å². The second kappa shape index (κ2) is 5.79. The van der Waals surface area contributed by atoms with Gasteiger partial charge in [-0.3, -0.25) is 9.59 Å². The Balaban J connectivity index is 1.68. The van der Waals surface area contributed by atoms with Crippen LogP contribution in [0.3, 0.4) is 0 Å². The molecular formula is C16H20N4O2. The summed E-state index contributed by atoms with van der Waals surface area (Å²) in [6, 6.07) is 2.99. The van der Waals surface area contributed by atoms with Crippen LogP contribution in [-0.2, 0) is 13.0 Å². The maximum Gasteiger partial charge on any atom is 0.255 e. The van der Waals surface area contributed by atoms with Gasteiger partial charge in [-0.25, -0.2) is 4.98 Å². The molecule has 116 valence electrons. The first-order chi connectivity index (χ1) is 10.5. The first kappa shape index (κ1) is 14.6. The summed E-state index contributed by atoms with van der Waals surface area (Å²) >= 11 is 0. The number of hydrogen-bond acceptors (Lipinski definition) is 3. The zero-order valence-corrected chi connectivity index (χ0v) is 12.9. The Hall–Kier alpha value is -2.37. The van der Waals surface area contributed by atoms with E-state index >= 15 is 0 Å². The zero-order valence-electron chi connectivity index (χ0n) is 12.9. The number of aromatic nitrogens is 3. The molecular weight excluding hydrogens is 280 g/mol. The van der Waals surface area contributed by atoms with Crippen molar-refractivity contribution in [1.29, 1.82) is 0 Å². The second-order valence-electron chi connectivity index (χ2n) is 5.94. The molecule has 22 heavy (non-hydrogen) atoms. The maximum absolute atomic E-state index is 12.5. The summed E-state index contributed by atoms with van der Waals surface area (Å²) in [6.45, 7) is 3.41. The number of pyridine rings is 1. The molecule has 1 aliphatic rings. The van der Waals surface area contributed by atoms with Gasteiger partial charge in [-0.2, -0.15) is 0 Å². The number of hydrogen-bond donors (Lipinski definition) is 1. The highest BCUT2D eigenvalue weighted by Gasteiger charge is 2.23. The number of aromatic amines is 1. The Kier molecular flexibility index (Phi) is 3.83. The quantitative estimate of drug-likeness (QED) is 0.926. The Labute approximate surface area is 128 Å². The number of aryl methyl sites for hydroxylation is 2. The van der Waals surface area contributed by atoms with E-state index in [0.29, 0.717) is 23.7 Å². The van der Waals surface area contributed by atoms with Crippen LogP contribution >= 0.6 is 0 Å². The van der Waals surface area contributed by atoms with Gasteiger partial charge in [0.05, 0.1) is 5.56 Å². The lowest BCUT2D eigenvalue weighted by Crippen LogP contribution is -2.35. The monoisotopic (exact) mass is 300 g/mol. The van der Waals surface area contributed by atoms with Crippen LogP contribution in [0.25, 0.3) is 0 Å². The second-order valence-corrected chi connectivity index (χ2v) is 5.94. The van der Waals surface area contributed by atoms with Gasteiger partial charge in [0.25, 0.3) is 5.91 Å². The fourth-order valence-electron chi connectivity index (χ4n) is 3.06. The molecule has 0 radical (unpaired) electrons. The molecule has 6 nitrogen and oxygen atoms in total. The predicted molar refractivity (Wildman–Crippen MR) is 82.8 cm³/mol. The van der Waals surface area contributed by atoms with Gasteiger partial charge in [0.2, 0.25) is 5.56 Å². The highest BCUT2D eigenvalue weighted by molar-refractivity contribution is 5.95. The van der Waals surface area contributed by atoms with Gasteiger partial charge in [0.15, 0.2) is 0 Å². The summed E-state index contributed by atoms with van der Waals surface area (Å²) < 4.78 is 2.17. The van der Waals surface area contributed by atoms with E-state index in [2.05, 4.69) is 14.5 Å². The number of fused-ring (bicyclic) bond motifs is 1. The topological polar surface area (TPSA) is 71.0 Å². The van der Waals surface area contributed by atoms with Crippen molar-refractivity contribution >= 4 is 5.91 Å². The minimum absolute atomic E-state index is 0.0531. The summed E-state index contributed by atoms with van der Waals surface area (Å²) in [6.07, 6.45) is 5.78. The number of carbonyl (C=O) groups excluding carboxylic acids is 1. The van der Waals surface area contributed by atoms with Crippen molar-refractivity contribution in [2.75, 3.05) is 13.6 Å². The highest BCUT2D eigenvalue weighted by atomic mass is 16.2. The number of carbonyl (C=O) groups is 1. The van der Waals surface area contributed by atoms with Crippen molar-refractivity contribution in [1.82, 2.24) is 19.4 Å². The van der Waals surface area contributed by atoms with E-state index in [4.69, 9.17) is 0 Å². The zero-order chi connectivity index (χ0) is 15.7. The van der Waals surface area contributed by atoms with E-state index in [1.165, 1.54) is 6.07 Å². The molecule has 0 bridgehead atoms. The third kappa shape index (κ3) is 2.81. The van der Waals surface area contributed by atoms with Crippen molar-refractivity contribution < 1.29 is 4.79 Å². The first-order valence-electron chi connectivity index (χ1n) is 7.50. The van der Waals surface area contributed by atoms with Gasteiger partial charge in [0.1, 0.15) is 5.82 Å². The molecule has 1 amide bonds. The number of rotatable bonds is 3. The Morgan fingerprint density at radius 2 is 2.32 bits per heavy atom. The van der Waals surface area contributed by atoms with E-state index in [0.717, 1.165) is 25.2 Å². The first-order valence-corrected chi connectivity index (χ1v) is 7.50. The van der Waals surface area contributed by atoms with Crippen LogP contribution in [0.1, 0.15) is 28.3 Å². The van der Waals surface area contributed by atoms with Gasteiger partial charge in [-0.1, -0.05) is 0 Å². The maximum atomic E-state index is 12.5. The molecule has 3 heterocycles. The van der Waals surface area contributed by atoms with Crippen molar-refractivity contribution in [3.05, 3.63) is 52.0 Å². The lowest BCUT2D eigenvalue weighted by molar-refractivity contribution is 0.0762. The van der Waals surface area contributed by atoms with E-state index in [1.807, 2.05) is 19.4 Å². The Morgan fingerprint density at radius 1 is 1.50 bits per heavy atom. The minimum Gasteiger partial charge on any atom is -0.341 e. The molecule has 6 heteroatoms. The average Bonchev–Trinajstić information content (AvgIpc) is 2.94. The van der Waals surface area contributed by atoms with Crippen LogP contribution in [0.5, 0.6) is 0 Å². The van der Waals surface area contributed by atoms with Crippen LogP contribution in [0, 0.1) is 12.8 Å². The van der Waals surface area contributed by atoms with Gasteiger partial charge < -0.3 is 14.5 Å². The molecule has 0 fully saturated rings. The molecule has 3 rings (SSSR count). The summed E-state index contributed by atoms with van der Waals surface area (Å²) in [5.74, 6) is 1.46. The van der Waals surface area contributed by atoms with Crippen LogP contribution < -0.4 is 5.56 Å². The summed E-state index contributed by atoms with van der Waals surface area (Å²) in [7, 11) is 1.81. The number of amides is 1. The third-order valence-corrected chi connectivity index (χ3v) is 4.28. The third-order valence-electron chi connectivity index (χ3n) is 4.28. The fraction of sp³-hybridized carbons (Fsp3) is 0.438. The number of H-pyrrole nitrogens is 1. The van der Waals surface area contributed by atoms with E-state index in [9.17, 15) is 9.59 Å². The lowest BCUT2D eigenvalue weighted by atomic mass is 9.97. The SMILES string of the molecule is Cc1[nH]c(=O)ccc1C(=O)N(C)CC1CCn2ccnc2C1. The molecule has 1 unspecified atom stereocenters. The molecule has 1 N–H and O–H groups in total. The van der Waals surface area contributed by atoms with E-state index < -0.39 is 0 Å². The Bertz CT molecular complexity index is 747. The molecule has 1 atom stereocenters. The van der Waals surface area contributed by atoms with Crippen LogP contribution in [0.15, 0.2) is 29.3 Å². The number of imidazole rings is 1. The van der Waals surface area contributed by atoms with Gasteiger partial charge in [-0.05, 0) is 25.3 Å². The molecule has 1 aliphatic heterocycles. The smallest absolute Gasteiger partial charge is 0.255 e. The van der Waals surface area contributed by atoms with Gasteiger partial charge in [-0.15, -0.1) is 0 Å². The molecule has 2 aromatic rings. The molecule has 0 aliphatic carbocycles. The average molecular weight is 300 g/mol. The standard InChI is InChI=1S/C16H20N4O2/c1-11-13(3-4-15(21)18-11)16(22)19(2)10-12-5-7-20-8-6-17-14(20)9-12/h3-4,6,8,12H,5,7,9-10H2,1-2H3,(H,18,21). The van der Waals surface area contributed by atoms with Crippen LogP contribution in [-0.4, -0.2) is 38.9 Å². The summed E-state index contributed by atoms with van der Waals surface area (Å²) in [5.41, 5.74) is 0.985. The van der Waals surface area contributed by atoms with Crippen LogP contribution in [0.4, 0.5) is 0 Å². The van der Waals surface area contributed by atoms with Gasteiger partial charge >= 0.3 is 0 Å². The van der Waals surface area contributed by atoms with Gasteiger partial charge in [0, 0.05) is 50.7 Å². The molecule has 0 aromatic carbocycles. The molecule has 0 saturated carbocycles. The molecule has 2 aromatic heterocycles.